The van der Waals surface area contributed by atoms with Crippen molar-refractivity contribution in [3.05, 3.63) is 17.8 Å². The molecule has 0 aromatic carbocycles. The van der Waals surface area contributed by atoms with Crippen molar-refractivity contribution in [2.45, 2.75) is 39.7 Å². The van der Waals surface area contributed by atoms with Gasteiger partial charge in [0.15, 0.2) is 11.6 Å². The number of aromatic nitrogens is 2. The highest BCUT2D eigenvalue weighted by atomic mass is 19.1. The van der Waals surface area contributed by atoms with Crippen LogP contribution in [0.25, 0.3) is 0 Å². The molecule has 0 aliphatic rings. The summed E-state index contributed by atoms with van der Waals surface area (Å²) in [4.78, 5) is 10.1. The molecule has 0 saturated heterocycles. The monoisotopic (exact) mass is 268 g/mol. The molecule has 5 heteroatoms. The van der Waals surface area contributed by atoms with Gasteiger partial charge in [-0.2, -0.15) is 0 Å². The lowest BCUT2D eigenvalue weighted by atomic mass is 10.0. The Morgan fingerprint density at radius 1 is 1.32 bits per heavy atom. The summed E-state index contributed by atoms with van der Waals surface area (Å²) in [5, 5.41) is 3.22. The van der Waals surface area contributed by atoms with Gasteiger partial charge in [0.05, 0.1) is 5.69 Å². The second-order valence-electron chi connectivity index (χ2n) is 5.57. The minimum absolute atomic E-state index is 0.184. The molecule has 0 amide bonds. The van der Waals surface area contributed by atoms with E-state index in [0.717, 1.165) is 13.0 Å². The summed E-state index contributed by atoms with van der Waals surface area (Å²) in [6.07, 6.45) is 2.97. The van der Waals surface area contributed by atoms with Crippen molar-refractivity contribution < 1.29 is 4.39 Å². The predicted octanol–water partition coefficient (Wildman–Crippen LogP) is 2.57. The zero-order valence-corrected chi connectivity index (χ0v) is 12.6. The number of likely N-dealkylation sites (N-methyl/N-ethyl adjacent to an activating group) is 1. The maximum Gasteiger partial charge on any atom is 0.186 e. The molecule has 1 N–H and O–H groups in total. The number of anilines is 1. The van der Waals surface area contributed by atoms with E-state index in [-0.39, 0.29) is 11.9 Å². The van der Waals surface area contributed by atoms with Gasteiger partial charge >= 0.3 is 0 Å². The van der Waals surface area contributed by atoms with E-state index < -0.39 is 0 Å². The third-order valence-electron chi connectivity index (χ3n) is 2.88. The van der Waals surface area contributed by atoms with E-state index in [0.29, 0.717) is 23.9 Å². The van der Waals surface area contributed by atoms with E-state index in [2.05, 4.69) is 34.0 Å². The first-order valence-corrected chi connectivity index (χ1v) is 6.84. The van der Waals surface area contributed by atoms with Crippen LogP contribution in [0.1, 0.15) is 32.9 Å². The van der Waals surface area contributed by atoms with Crippen LogP contribution < -0.4 is 5.32 Å². The van der Waals surface area contributed by atoms with Gasteiger partial charge in [0.1, 0.15) is 6.33 Å². The van der Waals surface area contributed by atoms with Gasteiger partial charge in [0, 0.05) is 12.6 Å². The molecule has 1 rings (SSSR count). The van der Waals surface area contributed by atoms with E-state index in [1.807, 2.05) is 21.0 Å². The average Bonchev–Trinajstić information content (AvgIpc) is 2.30. The fraction of sp³-hybridized carbons (Fsp3) is 0.714. The Bertz CT molecular complexity index is 383. The Balaban J connectivity index is 2.83. The SMILES string of the molecule is CCc1ncnc(NC(CC(C)C)CN(C)C)c1F. The standard InChI is InChI=1S/C14H25FN4/c1-6-12-13(15)14(17-9-16-12)18-11(7-10(2)3)8-19(4)5/h9-11H,6-8H2,1-5H3,(H,16,17,18). The predicted molar refractivity (Wildman–Crippen MR) is 76.8 cm³/mol. The summed E-state index contributed by atoms with van der Waals surface area (Å²) >= 11 is 0. The largest absolute Gasteiger partial charge is 0.364 e. The quantitative estimate of drug-likeness (QED) is 0.825. The molecular weight excluding hydrogens is 243 g/mol. The van der Waals surface area contributed by atoms with Crippen molar-refractivity contribution in [3.63, 3.8) is 0 Å². The van der Waals surface area contributed by atoms with E-state index >= 15 is 0 Å². The van der Waals surface area contributed by atoms with Crippen molar-refractivity contribution in [3.8, 4) is 0 Å². The Morgan fingerprint density at radius 2 is 2.00 bits per heavy atom. The molecule has 19 heavy (non-hydrogen) atoms. The van der Waals surface area contributed by atoms with Gasteiger partial charge in [-0.05, 0) is 32.9 Å². The fourth-order valence-electron chi connectivity index (χ4n) is 2.14. The Kier molecular flexibility index (Phi) is 6.15. The molecule has 1 unspecified atom stereocenters. The molecule has 0 spiro atoms. The Labute approximate surface area is 115 Å². The van der Waals surface area contributed by atoms with Crippen molar-refractivity contribution in [1.29, 1.82) is 0 Å². The van der Waals surface area contributed by atoms with E-state index in [1.165, 1.54) is 6.33 Å². The number of hydrogen-bond donors (Lipinski definition) is 1. The molecule has 0 radical (unpaired) electrons. The number of nitrogens with zero attached hydrogens (tertiary/aromatic N) is 3. The van der Waals surface area contributed by atoms with Gasteiger partial charge in [-0.1, -0.05) is 20.8 Å². The van der Waals surface area contributed by atoms with Crippen molar-refractivity contribution in [1.82, 2.24) is 14.9 Å². The molecule has 0 aliphatic carbocycles. The highest BCUT2D eigenvalue weighted by Gasteiger charge is 2.16. The number of rotatable bonds is 7. The molecule has 1 aromatic rings. The molecule has 0 saturated carbocycles. The highest BCUT2D eigenvalue weighted by molar-refractivity contribution is 5.38. The molecule has 0 fully saturated rings. The van der Waals surface area contributed by atoms with E-state index in [4.69, 9.17) is 0 Å². The average molecular weight is 268 g/mol. The molecule has 4 nitrogen and oxygen atoms in total. The minimum atomic E-state index is -0.322. The zero-order chi connectivity index (χ0) is 14.4. The highest BCUT2D eigenvalue weighted by Crippen LogP contribution is 2.17. The van der Waals surface area contributed by atoms with Gasteiger partial charge in [0.25, 0.3) is 0 Å². The van der Waals surface area contributed by atoms with Gasteiger partial charge in [0.2, 0.25) is 0 Å². The minimum Gasteiger partial charge on any atom is -0.364 e. The van der Waals surface area contributed by atoms with Crippen LogP contribution in [-0.4, -0.2) is 41.5 Å². The zero-order valence-electron chi connectivity index (χ0n) is 12.6. The first-order chi connectivity index (χ1) is 8.93. The van der Waals surface area contributed by atoms with Crippen LogP contribution >= 0.6 is 0 Å². The molecule has 0 aliphatic heterocycles. The molecule has 0 bridgehead atoms. The summed E-state index contributed by atoms with van der Waals surface area (Å²) in [6.45, 7) is 7.07. The maximum atomic E-state index is 14.1. The van der Waals surface area contributed by atoms with Crippen LogP contribution in [0.2, 0.25) is 0 Å². The smallest absolute Gasteiger partial charge is 0.186 e. The summed E-state index contributed by atoms with van der Waals surface area (Å²) in [5.41, 5.74) is 0.464. The van der Waals surface area contributed by atoms with Crippen molar-refractivity contribution >= 4 is 5.82 Å². The van der Waals surface area contributed by atoms with Gasteiger partial charge < -0.3 is 10.2 Å². The van der Waals surface area contributed by atoms with Crippen LogP contribution in [-0.2, 0) is 6.42 Å². The third-order valence-corrected chi connectivity index (χ3v) is 2.88. The summed E-state index contributed by atoms with van der Waals surface area (Å²) in [5.74, 6) is 0.546. The lowest BCUT2D eigenvalue weighted by molar-refractivity contribution is 0.355. The van der Waals surface area contributed by atoms with E-state index in [9.17, 15) is 4.39 Å². The number of halogens is 1. The molecule has 1 atom stereocenters. The first-order valence-electron chi connectivity index (χ1n) is 6.84. The number of nitrogens with one attached hydrogen (secondary N) is 1. The van der Waals surface area contributed by atoms with Crippen LogP contribution in [0.3, 0.4) is 0 Å². The normalized spacial score (nSPS) is 13.1. The molecule has 1 aromatic heterocycles. The lowest BCUT2D eigenvalue weighted by Gasteiger charge is -2.24. The van der Waals surface area contributed by atoms with Gasteiger partial charge in [-0.25, -0.2) is 14.4 Å². The van der Waals surface area contributed by atoms with Gasteiger partial charge in [-0.15, -0.1) is 0 Å². The fourth-order valence-corrected chi connectivity index (χ4v) is 2.14. The second kappa shape index (κ2) is 7.38. The van der Waals surface area contributed by atoms with Gasteiger partial charge in [-0.3, -0.25) is 0 Å². The molecular formula is C14H25FN4. The van der Waals surface area contributed by atoms with Crippen molar-refractivity contribution in [2.24, 2.45) is 5.92 Å². The number of hydrogen-bond acceptors (Lipinski definition) is 4. The van der Waals surface area contributed by atoms with E-state index in [1.54, 1.807) is 0 Å². The van der Waals surface area contributed by atoms with Crippen LogP contribution in [0.4, 0.5) is 10.2 Å². The second-order valence-corrected chi connectivity index (χ2v) is 5.57. The van der Waals surface area contributed by atoms with Crippen LogP contribution in [0.5, 0.6) is 0 Å². The lowest BCUT2D eigenvalue weighted by Crippen LogP contribution is -2.34. The molecule has 108 valence electrons. The first kappa shape index (κ1) is 15.8. The Morgan fingerprint density at radius 3 is 2.53 bits per heavy atom. The topological polar surface area (TPSA) is 41.1 Å². The third kappa shape index (κ3) is 5.11. The summed E-state index contributed by atoms with van der Waals surface area (Å²) < 4.78 is 14.1. The molecule has 1 heterocycles. The summed E-state index contributed by atoms with van der Waals surface area (Å²) in [7, 11) is 4.03. The Hall–Kier alpha value is -1.23. The number of aryl methyl sites for hydroxylation is 1. The van der Waals surface area contributed by atoms with Crippen LogP contribution in [0.15, 0.2) is 6.33 Å². The van der Waals surface area contributed by atoms with Crippen molar-refractivity contribution in [2.75, 3.05) is 26.0 Å². The maximum absolute atomic E-state index is 14.1. The van der Waals surface area contributed by atoms with Crippen LogP contribution in [0, 0.1) is 11.7 Å². The summed E-state index contributed by atoms with van der Waals surface area (Å²) in [6, 6.07) is 0.184.